The van der Waals surface area contributed by atoms with Crippen molar-refractivity contribution in [1.82, 2.24) is 25.1 Å². The van der Waals surface area contributed by atoms with Crippen molar-refractivity contribution in [3.63, 3.8) is 0 Å². The third-order valence-electron chi connectivity index (χ3n) is 5.42. The minimum atomic E-state index is -4.64. The van der Waals surface area contributed by atoms with E-state index in [-0.39, 0.29) is 23.5 Å². The van der Waals surface area contributed by atoms with E-state index in [0.717, 1.165) is 5.56 Å². The molecule has 2 aromatic heterocycles. The third-order valence-corrected chi connectivity index (χ3v) is 5.77. The Hall–Kier alpha value is -2.88. The average Bonchev–Trinajstić information content (AvgIpc) is 3.18. The van der Waals surface area contributed by atoms with E-state index in [0.29, 0.717) is 41.3 Å². The summed E-state index contributed by atoms with van der Waals surface area (Å²) in [6.07, 6.45) is -3.52. The van der Waals surface area contributed by atoms with Crippen molar-refractivity contribution >= 4 is 29.0 Å². The van der Waals surface area contributed by atoms with E-state index in [2.05, 4.69) is 20.6 Å². The number of carbonyl (C=O) groups is 1. The Balaban J connectivity index is 1.40. The quantitative estimate of drug-likeness (QED) is 0.650. The standard InChI is InChI=1S/C20H20ClF3N6O/c1-12(14-4-2-3-5-15(14)21)25-18(31)13-8-10-29(11-9-13)17-7-6-16-26-27-19(20(22,23)24)30(16)28-17/h2-7,12-13H,8-11H2,1H3,(H,25,31)/t12-/m0/s1. The normalized spacial score (nSPS) is 16.5. The minimum absolute atomic E-state index is 0.0268. The number of benzene rings is 1. The molecule has 3 aromatic rings. The molecule has 0 radical (unpaired) electrons. The number of fused-ring (bicyclic) bond motifs is 1. The Morgan fingerprint density at radius 3 is 2.55 bits per heavy atom. The number of anilines is 1. The molecule has 0 unspecified atom stereocenters. The van der Waals surface area contributed by atoms with Gasteiger partial charge in [0.15, 0.2) is 5.65 Å². The Kier molecular flexibility index (Phi) is 5.74. The molecule has 1 amide bonds. The topological polar surface area (TPSA) is 75.4 Å². The SMILES string of the molecule is C[C@H](NC(=O)C1CCN(c2ccc3nnc(C(F)(F)F)n3n2)CC1)c1ccccc1Cl. The first-order valence-electron chi connectivity index (χ1n) is 9.83. The monoisotopic (exact) mass is 452 g/mol. The molecule has 3 heterocycles. The van der Waals surface area contributed by atoms with Crippen molar-refractivity contribution in [1.29, 1.82) is 0 Å². The summed E-state index contributed by atoms with van der Waals surface area (Å²) in [5.74, 6) is -1.02. The number of aromatic nitrogens is 4. The summed E-state index contributed by atoms with van der Waals surface area (Å²) in [6, 6.07) is 10.2. The van der Waals surface area contributed by atoms with Crippen molar-refractivity contribution in [2.75, 3.05) is 18.0 Å². The van der Waals surface area contributed by atoms with E-state index in [9.17, 15) is 18.0 Å². The molecule has 1 fully saturated rings. The number of hydrogen-bond donors (Lipinski definition) is 1. The van der Waals surface area contributed by atoms with Gasteiger partial charge in [-0.2, -0.15) is 17.7 Å². The van der Waals surface area contributed by atoms with Gasteiger partial charge in [-0.05, 0) is 43.5 Å². The highest BCUT2D eigenvalue weighted by Crippen LogP contribution is 2.29. The molecule has 0 bridgehead atoms. The molecule has 0 spiro atoms. The molecule has 1 atom stereocenters. The van der Waals surface area contributed by atoms with Crippen LogP contribution >= 0.6 is 11.6 Å². The first-order chi connectivity index (χ1) is 14.7. The molecule has 0 saturated carbocycles. The van der Waals surface area contributed by atoms with Crippen LogP contribution in [0.5, 0.6) is 0 Å². The van der Waals surface area contributed by atoms with Gasteiger partial charge in [-0.25, -0.2) is 0 Å². The van der Waals surface area contributed by atoms with Crippen LogP contribution in [0.4, 0.5) is 19.0 Å². The molecule has 1 aliphatic rings. The van der Waals surface area contributed by atoms with E-state index in [4.69, 9.17) is 11.6 Å². The predicted molar refractivity (Wildman–Crippen MR) is 109 cm³/mol. The Bertz CT molecular complexity index is 1090. The largest absolute Gasteiger partial charge is 0.453 e. The molecule has 1 N–H and O–H groups in total. The van der Waals surface area contributed by atoms with Crippen LogP contribution in [0, 0.1) is 5.92 Å². The van der Waals surface area contributed by atoms with E-state index in [1.807, 2.05) is 30.0 Å². The summed E-state index contributed by atoms with van der Waals surface area (Å²) in [5, 5.41) is 14.4. The van der Waals surface area contributed by atoms with Crippen molar-refractivity contribution < 1.29 is 18.0 Å². The van der Waals surface area contributed by atoms with Crippen molar-refractivity contribution in [2.24, 2.45) is 5.92 Å². The summed E-state index contributed by atoms with van der Waals surface area (Å²) in [6.45, 7) is 2.88. The molecule has 1 aromatic carbocycles. The zero-order valence-electron chi connectivity index (χ0n) is 16.6. The lowest BCUT2D eigenvalue weighted by Gasteiger charge is -2.32. The molecule has 1 aliphatic heterocycles. The number of alkyl halides is 3. The molecule has 1 saturated heterocycles. The summed E-state index contributed by atoms with van der Waals surface area (Å²) >= 11 is 6.20. The van der Waals surface area contributed by atoms with Crippen molar-refractivity contribution in [3.8, 4) is 0 Å². The minimum Gasteiger partial charge on any atom is -0.355 e. The van der Waals surface area contributed by atoms with E-state index in [1.54, 1.807) is 12.1 Å². The third kappa shape index (κ3) is 4.43. The number of halogens is 4. The van der Waals surface area contributed by atoms with Crippen molar-refractivity contribution in [3.05, 3.63) is 52.8 Å². The zero-order chi connectivity index (χ0) is 22.2. The lowest BCUT2D eigenvalue weighted by atomic mass is 9.95. The van der Waals surface area contributed by atoms with Gasteiger partial charge in [0.1, 0.15) is 5.82 Å². The van der Waals surface area contributed by atoms with Gasteiger partial charge in [-0.15, -0.1) is 15.3 Å². The second-order valence-corrected chi connectivity index (χ2v) is 7.90. The second-order valence-electron chi connectivity index (χ2n) is 7.50. The Labute approximate surface area is 181 Å². The van der Waals surface area contributed by atoms with Gasteiger partial charge in [-0.1, -0.05) is 29.8 Å². The smallest absolute Gasteiger partial charge is 0.355 e. The highest BCUT2D eigenvalue weighted by atomic mass is 35.5. The van der Waals surface area contributed by atoms with Crippen LogP contribution in [0.25, 0.3) is 5.65 Å². The molecule has 11 heteroatoms. The van der Waals surface area contributed by atoms with Gasteiger partial charge in [-0.3, -0.25) is 4.79 Å². The lowest BCUT2D eigenvalue weighted by molar-refractivity contribution is -0.146. The van der Waals surface area contributed by atoms with Crippen LogP contribution in [0.2, 0.25) is 5.02 Å². The van der Waals surface area contributed by atoms with Crippen LogP contribution in [0.1, 0.15) is 37.2 Å². The van der Waals surface area contributed by atoms with Gasteiger partial charge >= 0.3 is 6.18 Å². The van der Waals surface area contributed by atoms with Crippen LogP contribution in [-0.2, 0) is 11.0 Å². The number of piperidine rings is 1. The summed E-state index contributed by atoms with van der Waals surface area (Å²) < 4.78 is 40.0. The second kappa shape index (κ2) is 8.33. The number of carbonyl (C=O) groups excluding carboxylic acids is 1. The summed E-state index contributed by atoms with van der Waals surface area (Å²) in [4.78, 5) is 14.6. The van der Waals surface area contributed by atoms with Crippen LogP contribution in [0.3, 0.4) is 0 Å². The molecule has 4 rings (SSSR count). The van der Waals surface area contributed by atoms with Gasteiger partial charge < -0.3 is 10.2 Å². The molecule has 0 aliphatic carbocycles. The van der Waals surface area contributed by atoms with E-state index >= 15 is 0 Å². The molecular formula is C20H20ClF3N6O. The summed E-state index contributed by atoms with van der Waals surface area (Å²) in [5.41, 5.74) is 0.876. The number of nitrogens with zero attached hydrogens (tertiary/aromatic N) is 5. The highest BCUT2D eigenvalue weighted by Gasteiger charge is 2.38. The maximum atomic E-state index is 13.1. The van der Waals surface area contributed by atoms with Gasteiger partial charge in [0.2, 0.25) is 5.91 Å². The predicted octanol–water partition coefficient (Wildman–Crippen LogP) is 3.89. The first kappa shape index (κ1) is 21.4. The Morgan fingerprint density at radius 2 is 1.87 bits per heavy atom. The van der Waals surface area contributed by atoms with E-state index < -0.39 is 12.0 Å². The first-order valence-corrected chi connectivity index (χ1v) is 10.2. The van der Waals surface area contributed by atoms with Crippen LogP contribution in [0.15, 0.2) is 36.4 Å². The maximum absolute atomic E-state index is 13.1. The van der Waals surface area contributed by atoms with E-state index in [1.165, 1.54) is 6.07 Å². The fourth-order valence-electron chi connectivity index (χ4n) is 3.73. The molecular weight excluding hydrogens is 433 g/mol. The number of rotatable bonds is 4. The number of hydrogen-bond acceptors (Lipinski definition) is 5. The number of nitrogens with one attached hydrogen (secondary N) is 1. The van der Waals surface area contributed by atoms with Gasteiger partial charge in [0, 0.05) is 24.0 Å². The fourth-order valence-corrected chi connectivity index (χ4v) is 4.03. The lowest BCUT2D eigenvalue weighted by Crippen LogP contribution is -2.41. The average molecular weight is 453 g/mol. The zero-order valence-corrected chi connectivity index (χ0v) is 17.4. The fraction of sp³-hybridized carbons (Fsp3) is 0.400. The van der Waals surface area contributed by atoms with Crippen LogP contribution < -0.4 is 10.2 Å². The molecule has 7 nitrogen and oxygen atoms in total. The molecule has 31 heavy (non-hydrogen) atoms. The summed E-state index contributed by atoms with van der Waals surface area (Å²) in [7, 11) is 0. The van der Waals surface area contributed by atoms with Crippen LogP contribution in [-0.4, -0.2) is 38.8 Å². The van der Waals surface area contributed by atoms with Gasteiger partial charge in [0.25, 0.3) is 5.82 Å². The van der Waals surface area contributed by atoms with Crippen molar-refractivity contribution in [2.45, 2.75) is 32.0 Å². The highest BCUT2D eigenvalue weighted by molar-refractivity contribution is 6.31. The van der Waals surface area contributed by atoms with Gasteiger partial charge in [0.05, 0.1) is 6.04 Å². The Morgan fingerprint density at radius 1 is 1.16 bits per heavy atom. The maximum Gasteiger partial charge on any atom is 0.453 e. The molecule has 164 valence electrons. The number of amides is 1.